The summed E-state index contributed by atoms with van der Waals surface area (Å²) < 4.78 is 0. The van der Waals surface area contributed by atoms with Crippen molar-refractivity contribution in [2.75, 3.05) is 6.54 Å². The van der Waals surface area contributed by atoms with Gasteiger partial charge in [0.2, 0.25) is 0 Å². The molecule has 2 fully saturated rings. The number of fused-ring (bicyclic) bond motifs is 1. The van der Waals surface area contributed by atoms with Crippen LogP contribution in [-0.4, -0.2) is 12.6 Å². The molecular weight excluding hydrogens is 146 g/mol. The number of nitrogens with one attached hydrogen (secondary N) is 1. The van der Waals surface area contributed by atoms with E-state index in [2.05, 4.69) is 19.2 Å². The standard InChI is InChI=1S/C11H21N/c1-9-5-3-6-11(2)7-4-8-12-10(9)11/h9-10,12H,3-8H2,1-2H3/t9-,10+,11-/m1/s1. The minimum atomic E-state index is 0.635. The van der Waals surface area contributed by atoms with Crippen LogP contribution in [0.25, 0.3) is 0 Å². The third-order valence-corrected chi connectivity index (χ3v) is 4.02. The Kier molecular flexibility index (Phi) is 2.16. The van der Waals surface area contributed by atoms with Crippen LogP contribution in [0.3, 0.4) is 0 Å². The Bertz CT molecular complexity index is 162. The number of rotatable bonds is 0. The van der Waals surface area contributed by atoms with Gasteiger partial charge in [-0.3, -0.25) is 0 Å². The Morgan fingerprint density at radius 1 is 1.25 bits per heavy atom. The topological polar surface area (TPSA) is 12.0 Å². The molecule has 1 aliphatic carbocycles. The van der Waals surface area contributed by atoms with Crippen molar-refractivity contribution in [3.05, 3.63) is 0 Å². The summed E-state index contributed by atoms with van der Waals surface area (Å²) >= 11 is 0. The van der Waals surface area contributed by atoms with Gasteiger partial charge < -0.3 is 5.32 Å². The second-order valence-corrected chi connectivity index (χ2v) is 5.06. The highest BCUT2D eigenvalue weighted by Gasteiger charge is 2.41. The number of hydrogen-bond acceptors (Lipinski definition) is 1. The molecule has 3 atom stereocenters. The van der Waals surface area contributed by atoms with Gasteiger partial charge in [-0.2, -0.15) is 0 Å². The van der Waals surface area contributed by atoms with Crippen LogP contribution < -0.4 is 5.32 Å². The molecule has 0 aromatic carbocycles. The van der Waals surface area contributed by atoms with Gasteiger partial charge in [-0.15, -0.1) is 0 Å². The molecule has 1 N–H and O–H groups in total. The van der Waals surface area contributed by atoms with Gasteiger partial charge in [-0.1, -0.05) is 20.3 Å². The second-order valence-electron chi connectivity index (χ2n) is 5.06. The fourth-order valence-corrected chi connectivity index (χ4v) is 3.31. The zero-order valence-corrected chi connectivity index (χ0v) is 8.40. The van der Waals surface area contributed by atoms with Crippen LogP contribution in [0.4, 0.5) is 0 Å². The van der Waals surface area contributed by atoms with Crippen molar-refractivity contribution in [3.63, 3.8) is 0 Å². The minimum absolute atomic E-state index is 0.635. The summed E-state index contributed by atoms with van der Waals surface area (Å²) in [7, 11) is 0. The second kappa shape index (κ2) is 3.02. The van der Waals surface area contributed by atoms with E-state index in [-0.39, 0.29) is 0 Å². The summed E-state index contributed by atoms with van der Waals surface area (Å²) in [5, 5.41) is 3.71. The van der Waals surface area contributed by atoms with Crippen LogP contribution in [-0.2, 0) is 0 Å². The van der Waals surface area contributed by atoms with Crippen LogP contribution in [0, 0.1) is 11.3 Å². The molecule has 70 valence electrons. The number of piperidine rings is 1. The molecule has 0 aromatic rings. The Labute approximate surface area is 75.9 Å². The van der Waals surface area contributed by atoms with Crippen LogP contribution in [0.2, 0.25) is 0 Å². The van der Waals surface area contributed by atoms with Crippen molar-refractivity contribution in [3.8, 4) is 0 Å². The van der Waals surface area contributed by atoms with Crippen LogP contribution in [0.1, 0.15) is 46.0 Å². The largest absolute Gasteiger partial charge is 0.313 e. The lowest BCUT2D eigenvalue weighted by atomic mass is 9.63. The predicted molar refractivity (Wildman–Crippen MR) is 52.1 cm³/mol. The van der Waals surface area contributed by atoms with E-state index < -0.39 is 0 Å². The van der Waals surface area contributed by atoms with E-state index >= 15 is 0 Å². The van der Waals surface area contributed by atoms with E-state index in [0.717, 1.165) is 12.0 Å². The SMILES string of the molecule is C[C@@H]1CCC[C@]2(C)CCCN[C@@H]12. The first-order valence-corrected chi connectivity index (χ1v) is 5.46. The highest BCUT2D eigenvalue weighted by atomic mass is 15.0. The van der Waals surface area contributed by atoms with Crippen molar-refractivity contribution in [1.82, 2.24) is 5.32 Å². The molecule has 0 unspecified atom stereocenters. The van der Waals surface area contributed by atoms with Crippen molar-refractivity contribution in [2.24, 2.45) is 11.3 Å². The molecular formula is C11H21N. The average molecular weight is 167 g/mol. The Balaban J connectivity index is 2.12. The minimum Gasteiger partial charge on any atom is -0.313 e. The summed E-state index contributed by atoms with van der Waals surface area (Å²) in [6.45, 7) is 6.16. The predicted octanol–water partition coefficient (Wildman–Crippen LogP) is 2.56. The van der Waals surface area contributed by atoms with E-state index in [4.69, 9.17) is 0 Å². The van der Waals surface area contributed by atoms with Crippen molar-refractivity contribution in [2.45, 2.75) is 52.0 Å². The highest BCUT2D eigenvalue weighted by molar-refractivity contribution is 4.96. The molecule has 2 rings (SSSR count). The molecule has 0 aromatic heterocycles. The Hall–Kier alpha value is -0.0400. The molecule has 1 nitrogen and oxygen atoms in total. The smallest absolute Gasteiger partial charge is 0.0146 e. The Morgan fingerprint density at radius 3 is 2.75 bits per heavy atom. The van der Waals surface area contributed by atoms with Crippen molar-refractivity contribution >= 4 is 0 Å². The molecule has 0 spiro atoms. The average Bonchev–Trinajstić information content (AvgIpc) is 2.04. The van der Waals surface area contributed by atoms with Crippen LogP contribution in [0.15, 0.2) is 0 Å². The number of hydrogen-bond donors (Lipinski definition) is 1. The first kappa shape index (κ1) is 8.55. The summed E-state index contributed by atoms with van der Waals surface area (Å²) in [4.78, 5) is 0. The van der Waals surface area contributed by atoms with Gasteiger partial charge in [-0.05, 0) is 43.6 Å². The summed E-state index contributed by atoms with van der Waals surface area (Å²) in [5.41, 5.74) is 0.635. The Morgan fingerprint density at radius 2 is 2.00 bits per heavy atom. The molecule has 0 amide bonds. The molecule has 1 heteroatoms. The highest BCUT2D eigenvalue weighted by Crippen LogP contribution is 2.44. The van der Waals surface area contributed by atoms with Gasteiger partial charge in [0.15, 0.2) is 0 Å². The van der Waals surface area contributed by atoms with Crippen LogP contribution in [0.5, 0.6) is 0 Å². The molecule has 0 radical (unpaired) electrons. The van der Waals surface area contributed by atoms with E-state index in [1.807, 2.05) is 0 Å². The van der Waals surface area contributed by atoms with Gasteiger partial charge in [0, 0.05) is 6.04 Å². The maximum atomic E-state index is 3.71. The molecule has 12 heavy (non-hydrogen) atoms. The summed E-state index contributed by atoms with van der Waals surface area (Å²) in [6.07, 6.45) is 7.19. The van der Waals surface area contributed by atoms with Gasteiger partial charge in [0.1, 0.15) is 0 Å². The quantitative estimate of drug-likeness (QED) is 0.584. The maximum Gasteiger partial charge on any atom is 0.0146 e. The van der Waals surface area contributed by atoms with Gasteiger partial charge in [0.05, 0.1) is 0 Å². The van der Waals surface area contributed by atoms with Gasteiger partial charge >= 0.3 is 0 Å². The molecule has 2 aliphatic rings. The fourth-order valence-electron chi connectivity index (χ4n) is 3.31. The van der Waals surface area contributed by atoms with E-state index in [1.54, 1.807) is 0 Å². The van der Waals surface area contributed by atoms with E-state index in [1.165, 1.54) is 38.6 Å². The van der Waals surface area contributed by atoms with E-state index in [0.29, 0.717) is 5.41 Å². The molecule has 1 aliphatic heterocycles. The normalized spacial score (nSPS) is 48.5. The van der Waals surface area contributed by atoms with Crippen LogP contribution >= 0.6 is 0 Å². The third kappa shape index (κ3) is 1.28. The van der Waals surface area contributed by atoms with E-state index in [9.17, 15) is 0 Å². The molecule has 1 saturated carbocycles. The summed E-state index contributed by atoms with van der Waals surface area (Å²) in [6, 6.07) is 0.819. The van der Waals surface area contributed by atoms with Crippen molar-refractivity contribution in [1.29, 1.82) is 0 Å². The van der Waals surface area contributed by atoms with Gasteiger partial charge in [-0.25, -0.2) is 0 Å². The monoisotopic (exact) mass is 167 g/mol. The van der Waals surface area contributed by atoms with Gasteiger partial charge in [0.25, 0.3) is 0 Å². The first-order valence-electron chi connectivity index (χ1n) is 5.46. The lowest BCUT2D eigenvalue weighted by molar-refractivity contribution is 0.0638. The van der Waals surface area contributed by atoms with Crippen molar-refractivity contribution < 1.29 is 0 Å². The first-order chi connectivity index (χ1) is 5.72. The fraction of sp³-hybridized carbons (Fsp3) is 1.00. The molecule has 1 heterocycles. The summed E-state index contributed by atoms with van der Waals surface area (Å²) in [5.74, 6) is 0.907. The maximum absolute atomic E-state index is 3.71. The lowest BCUT2D eigenvalue weighted by Crippen LogP contribution is -2.53. The lowest BCUT2D eigenvalue weighted by Gasteiger charge is -2.49. The zero-order chi connectivity index (χ0) is 8.60. The third-order valence-electron chi connectivity index (χ3n) is 4.02. The molecule has 0 bridgehead atoms. The molecule has 1 saturated heterocycles. The zero-order valence-electron chi connectivity index (χ0n) is 8.40.